The van der Waals surface area contributed by atoms with Crippen LogP contribution in [0.3, 0.4) is 0 Å². The summed E-state index contributed by atoms with van der Waals surface area (Å²) in [6.07, 6.45) is 11.7. The monoisotopic (exact) mass is 227 g/mol. The first-order valence-corrected chi connectivity index (χ1v) is 6.16. The molecular weight excluding hydrogens is 210 g/mol. The van der Waals surface area contributed by atoms with Crippen LogP contribution in [0.4, 0.5) is 0 Å². The zero-order valence-corrected chi connectivity index (χ0v) is 9.84. The number of aryl methyl sites for hydroxylation is 1. The highest BCUT2D eigenvalue weighted by molar-refractivity contribution is 5.30. The van der Waals surface area contributed by atoms with Crippen LogP contribution < -0.4 is 5.73 Å². The summed E-state index contributed by atoms with van der Waals surface area (Å²) < 4.78 is 2.23. The first kappa shape index (κ1) is 10.5. The Morgan fingerprint density at radius 1 is 1.41 bits per heavy atom. The zero-order valence-electron chi connectivity index (χ0n) is 9.84. The van der Waals surface area contributed by atoms with Crippen molar-refractivity contribution >= 4 is 0 Å². The predicted octanol–water partition coefficient (Wildman–Crippen LogP) is 2.27. The summed E-state index contributed by atoms with van der Waals surface area (Å²) in [5.74, 6) is 0. The van der Waals surface area contributed by atoms with Crippen molar-refractivity contribution in [1.29, 1.82) is 0 Å². The fourth-order valence-corrected chi connectivity index (χ4v) is 2.58. The largest absolute Gasteiger partial charge is 0.349 e. The first-order chi connectivity index (χ1) is 8.33. The molecule has 2 aromatic rings. The second kappa shape index (κ2) is 4.34. The lowest BCUT2D eigenvalue weighted by atomic mass is 9.92. The van der Waals surface area contributed by atoms with Gasteiger partial charge in [-0.15, -0.1) is 0 Å². The minimum Gasteiger partial charge on any atom is -0.349 e. The smallest absolute Gasteiger partial charge is 0.0485 e. The lowest BCUT2D eigenvalue weighted by Crippen LogP contribution is -2.15. The Balaban J connectivity index is 1.85. The molecule has 1 aliphatic rings. The number of rotatable bonds is 2. The van der Waals surface area contributed by atoms with E-state index >= 15 is 0 Å². The van der Waals surface area contributed by atoms with Crippen molar-refractivity contribution < 1.29 is 0 Å². The molecule has 0 aliphatic heterocycles. The van der Waals surface area contributed by atoms with Gasteiger partial charge in [0.1, 0.15) is 0 Å². The van der Waals surface area contributed by atoms with Crippen molar-refractivity contribution in [3.8, 4) is 0 Å². The third-order valence-electron chi connectivity index (χ3n) is 3.45. The van der Waals surface area contributed by atoms with E-state index in [1.54, 1.807) is 6.20 Å². The molecule has 0 radical (unpaired) electrons. The number of nitrogens with two attached hydrogens (primary N) is 1. The molecule has 2 aromatic heterocycles. The van der Waals surface area contributed by atoms with Gasteiger partial charge in [-0.05, 0) is 42.0 Å². The number of aromatic nitrogens is 2. The fourth-order valence-electron chi connectivity index (χ4n) is 2.58. The molecule has 2 heterocycles. The van der Waals surface area contributed by atoms with Crippen LogP contribution >= 0.6 is 0 Å². The Bertz CT molecular complexity index is 501. The van der Waals surface area contributed by atoms with Crippen LogP contribution in [0.15, 0.2) is 36.9 Å². The van der Waals surface area contributed by atoms with E-state index in [1.165, 1.54) is 29.5 Å². The van der Waals surface area contributed by atoms with Crippen LogP contribution in [-0.2, 0) is 13.0 Å². The number of hydrogen-bond acceptors (Lipinski definition) is 2. The lowest BCUT2D eigenvalue weighted by molar-refractivity contribution is 0.573. The van der Waals surface area contributed by atoms with Gasteiger partial charge in [-0.25, -0.2) is 0 Å². The van der Waals surface area contributed by atoms with E-state index < -0.39 is 0 Å². The molecule has 1 aliphatic carbocycles. The van der Waals surface area contributed by atoms with E-state index in [1.807, 2.05) is 12.3 Å². The average Bonchev–Trinajstić information content (AvgIpc) is 2.74. The molecule has 0 saturated carbocycles. The zero-order chi connectivity index (χ0) is 11.7. The Hall–Kier alpha value is -1.61. The van der Waals surface area contributed by atoms with Gasteiger partial charge in [0.05, 0.1) is 0 Å². The molecule has 0 aromatic carbocycles. The number of hydrogen-bond donors (Lipinski definition) is 1. The molecule has 3 heteroatoms. The summed E-state index contributed by atoms with van der Waals surface area (Å²) in [7, 11) is 0. The predicted molar refractivity (Wildman–Crippen MR) is 67.6 cm³/mol. The molecule has 3 nitrogen and oxygen atoms in total. The maximum atomic E-state index is 6.13. The second-order valence-electron chi connectivity index (χ2n) is 4.77. The highest BCUT2D eigenvalue weighted by Gasteiger charge is 2.18. The fraction of sp³-hybridized carbons (Fsp3) is 0.357. The Kier molecular flexibility index (Phi) is 2.69. The molecule has 0 fully saturated rings. The minimum atomic E-state index is 0.230. The Labute approximate surface area is 101 Å². The van der Waals surface area contributed by atoms with Gasteiger partial charge >= 0.3 is 0 Å². The van der Waals surface area contributed by atoms with Gasteiger partial charge in [-0.2, -0.15) is 0 Å². The van der Waals surface area contributed by atoms with Gasteiger partial charge < -0.3 is 10.3 Å². The molecule has 1 atom stereocenters. The third-order valence-corrected chi connectivity index (χ3v) is 3.45. The number of nitrogens with zero attached hydrogens (tertiary/aromatic N) is 2. The van der Waals surface area contributed by atoms with Crippen LogP contribution in [0.2, 0.25) is 0 Å². The van der Waals surface area contributed by atoms with Crippen molar-refractivity contribution in [2.45, 2.75) is 31.8 Å². The first-order valence-electron chi connectivity index (χ1n) is 6.16. The quantitative estimate of drug-likeness (QED) is 0.855. The van der Waals surface area contributed by atoms with Gasteiger partial charge in [0.2, 0.25) is 0 Å². The maximum Gasteiger partial charge on any atom is 0.0485 e. The Morgan fingerprint density at radius 3 is 3.12 bits per heavy atom. The van der Waals surface area contributed by atoms with Crippen LogP contribution in [0, 0.1) is 0 Å². The molecule has 3 rings (SSSR count). The van der Waals surface area contributed by atoms with Crippen LogP contribution in [0.1, 0.15) is 35.6 Å². The van der Waals surface area contributed by atoms with Gasteiger partial charge in [0.25, 0.3) is 0 Å². The number of pyridine rings is 1. The number of fused-ring (bicyclic) bond motifs is 1. The van der Waals surface area contributed by atoms with Gasteiger partial charge in [-0.1, -0.05) is 6.07 Å². The molecule has 1 unspecified atom stereocenters. The molecular formula is C14H17N3. The molecule has 0 saturated heterocycles. The van der Waals surface area contributed by atoms with E-state index in [9.17, 15) is 0 Å². The second-order valence-corrected chi connectivity index (χ2v) is 4.77. The normalized spacial score (nSPS) is 19.0. The minimum absolute atomic E-state index is 0.230. The lowest BCUT2D eigenvalue weighted by Gasteiger charge is -2.17. The van der Waals surface area contributed by atoms with Crippen LogP contribution in [0.5, 0.6) is 0 Å². The average molecular weight is 227 g/mol. The summed E-state index contributed by atoms with van der Waals surface area (Å²) in [6.45, 7) is 0.882. The van der Waals surface area contributed by atoms with E-state index in [4.69, 9.17) is 5.73 Å². The molecule has 88 valence electrons. The third kappa shape index (κ3) is 2.11. The van der Waals surface area contributed by atoms with Gasteiger partial charge in [-0.3, -0.25) is 4.98 Å². The van der Waals surface area contributed by atoms with Crippen LogP contribution in [0.25, 0.3) is 0 Å². The van der Waals surface area contributed by atoms with Gasteiger partial charge in [0, 0.05) is 37.4 Å². The standard InChI is InChI=1S/C14H17N3/c15-14-5-1-4-12-9-17(10-13(12)14)8-11-3-2-6-16-7-11/h2-3,6-7,9-10,14H,1,4-5,8,15H2. The van der Waals surface area contributed by atoms with Crippen molar-refractivity contribution in [3.63, 3.8) is 0 Å². The Morgan fingerprint density at radius 2 is 2.35 bits per heavy atom. The SMILES string of the molecule is NC1CCCc2cn(Cc3cccnc3)cc21. The van der Waals surface area contributed by atoms with Crippen molar-refractivity contribution in [3.05, 3.63) is 53.6 Å². The van der Waals surface area contributed by atoms with E-state index in [0.717, 1.165) is 13.0 Å². The summed E-state index contributed by atoms with van der Waals surface area (Å²) in [5, 5.41) is 0. The summed E-state index contributed by atoms with van der Waals surface area (Å²) in [5.41, 5.74) is 10.1. The van der Waals surface area contributed by atoms with E-state index in [2.05, 4.69) is 28.0 Å². The van der Waals surface area contributed by atoms with Crippen molar-refractivity contribution in [2.24, 2.45) is 5.73 Å². The molecule has 17 heavy (non-hydrogen) atoms. The van der Waals surface area contributed by atoms with E-state index in [-0.39, 0.29) is 6.04 Å². The topological polar surface area (TPSA) is 43.8 Å². The highest BCUT2D eigenvalue weighted by Crippen LogP contribution is 2.28. The summed E-state index contributed by atoms with van der Waals surface area (Å²) in [4.78, 5) is 4.14. The highest BCUT2D eigenvalue weighted by atomic mass is 14.9. The van der Waals surface area contributed by atoms with Crippen LogP contribution in [-0.4, -0.2) is 9.55 Å². The van der Waals surface area contributed by atoms with Crippen molar-refractivity contribution in [1.82, 2.24) is 9.55 Å². The van der Waals surface area contributed by atoms with Crippen molar-refractivity contribution in [2.75, 3.05) is 0 Å². The molecule has 0 spiro atoms. The molecule has 2 N–H and O–H groups in total. The molecule has 0 amide bonds. The van der Waals surface area contributed by atoms with Gasteiger partial charge in [0.15, 0.2) is 0 Å². The summed E-state index contributed by atoms with van der Waals surface area (Å²) in [6, 6.07) is 4.31. The summed E-state index contributed by atoms with van der Waals surface area (Å²) >= 11 is 0. The molecule has 0 bridgehead atoms. The van der Waals surface area contributed by atoms with E-state index in [0.29, 0.717) is 0 Å². The maximum absolute atomic E-state index is 6.13.